The quantitative estimate of drug-likeness (QED) is 0.312. The van der Waals surface area contributed by atoms with Crippen LogP contribution >= 0.6 is 0 Å². The number of aromatic nitrogens is 2. The first kappa shape index (κ1) is 30.2. The minimum absolute atomic E-state index is 0.0186. The van der Waals surface area contributed by atoms with Crippen LogP contribution in [-0.4, -0.2) is 40.4 Å². The molecule has 43 heavy (non-hydrogen) atoms. The summed E-state index contributed by atoms with van der Waals surface area (Å²) in [6.45, 7) is 2.79. The Morgan fingerprint density at radius 1 is 1.09 bits per heavy atom. The first-order chi connectivity index (χ1) is 20.2. The summed E-state index contributed by atoms with van der Waals surface area (Å²) >= 11 is 0. The van der Waals surface area contributed by atoms with Crippen LogP contribution in [-0.2, 0) is 27.5 Å². The number of nitrogens with one attached hydrogen (secondary N) is 1. The van der Waals surface area contributed by atoms with Crippen LogP contribution in [0.3, 0.4) is 0 Å². The molecule has 0 unspecified atom stereocenters. The van der Waals surface area contributed by atoms with Gasteiger partial charge < -0.3 is 9.73 Å². The standard InChI is InChI=1S/C28H26F4N4O6S/c1-16(2)36-26(38)18(15-34(27(36)39)21-8-5-19(6-9-21)28(30,31)32)14-33-25(37)22-4-3-11-35(22)43(40,41)24-13-17-12-20(29)7-10-23(17)42-24/h5-10,12-13,15-16,22H,3-4,11,14H2,1-2H3,(H,33,37)/t22-/m0/s1. The summed E-state index contributed by atoms with van der Waals surface area (Å²) in [6, 6.07) is 6.77. The van der Waals surface area contributed by atoms with Gasteiger partial charge in [-0.1, -0.05) is 0 Å². The Morgan fingerprint density at radius 2 is 1.79 bits per heavy atom. The van der Waals surface area contributed by atoms with E-state index >= 15 is 0 Å². The monoisotopic (exact) mass is 622 g/mol. The van der Waals surface area contributed by atoms with E-state index < -0.39 is 61.9 Å². The van der Waals surface area contributed by atoms with Crippen LogP contribution in [0.2, 0.25) is 0 Å². The van der Waals surface area contributed by atoms with Gasteiger partial charge in [0.1, 0.15) is 17.4 Å². The second-order valence-electron chi connectivity index (χ2n) is 10.4. The summed E-state index contributed by atoms with van der Waals surface area (Å²) in [5.74, 6) is -1.28. The third-order valence-corrected chi connectivity index (χ3v) is 8.92. The number of alkyl halides is 3. The number of amides is 1. The van der Waals surface area contributed by atoms with Crippen molar-refractivity contribution in [3.63, 3.8) is 0 Å². The number of benzene rings is 2. The Kier molecular flexibility index (Phi) is 7.81. The van der Waals surface area contributed by atoms with Gasteiger partial charge in [0.15, 0.2) is 0 Å². The lowest BCUT2D eigenvalue weighted by molar-refractivity contribution is -0.137. The van der Waals surface area contributed by atoms with Crippen LogP contribution in [0, 0.1) is 5.82 Å². The molecule has 0 radical (unpaired) electrons. The van der Waals surface area contributed by atoms with Crippen LogP contribution < -0.4 is 16.6 Å². The Bertz CT molecular complexity index is 1930. The molecule has 1 amide bonds. The van der Waals surface area contributed by atoms with Crippen LogP contribution in [0.25, 0.3) is 16.7 Å². The van der Waals surface area contributed by atoms with E-state index in [0.29, 0.717) is 6.42 Å². The molecular formula is C28H26F4N4O6S. The van der Waals surface area contributed by atoms with Crippen molar-refractivity contribution in [1.82, 2.24) is 18.8 Å². The van der Waals surface area contributed by atoms with E-state index in [0.717, 1.165) is 56.0 Å². The number of furan rings is 1. The van der Waals surface area contributed by atoms with E-state index in [2.05, 4.69) is 5.32 Å². The fraction of sp³-hybridized carbons (Fsp3) is 0.321. The Hall–Kier alpha value is -4.24. The molecule has 0 bridgehead atoms. The normalized spacial score (nSPS) is 16.3. The average molecular weight is 623 g/mol. The second-order valence-corrected chi connectivity index (χ2v) is 12.2. The Labute approximate surface area is 242 Å². The van der Waals surface area contributed by atoms with Gasteiger partial charge in [-0.25, -0.2) is 17.6 Å². The van der Waals surface area contributed by atoms with Gasteiger partial charge in [0.2, 0.25) is 11.0 Å². The number of carbonyl (C=O) groups excluding carboxylic acids is 1. The minimum atomic E-state index is -4.58. The molecule has 4 aromatic rings. The number of fused-ring (bicyclic) bond motifs is 1. The van der Waals surface area contributed by atoms with E-state index in [1.807, 2.05) is 0 Å². The molecule has 2 aromatic carbocycles. The van der Waals surface area contributed by atoms with Crippen molar-refractivity contribution in [2.45, 2.75) is 56.6 Å². The van der Waals surface area contributed by atoms with Crippen LogP contribution in [0.1, 0.15) is 43.9 Å². The third-order valence-electron chi connectivity index (χ3n) is 7.16. The molecule has 0 spiro atoms. The Morgan fingerprint density at radius 3 is 2.44 bits per heavy atom. The van der Waals surface area contributed by atoms with Crippen molar-refractivity contribution < 1.29 is 35.2 Å². The average Bonchev–Trinajstić information content (AvgIpc) is 3.60. The minimum Gasteiger partial charge on any atom is -0.443 e. The maximum atomic E-state index is 13.6. The second kappa shape index (κ2) is 11.1. The topological polar surface area (TPSA) is 124 Å². The zero-order valence-corrected chi connectivity index (χ0v) is 23.7. The first-order valence-corrected chi connectivity index (χ1v) is 14.7. The molecule has 15 heteroatoms. The summed E-state index contributed by atoms with van der Waals surface area (Å²) < 4.78 is 87.8. The fourth-order valence-electron chi connectivity index (χ4n) is 5.02. The molecule has 5 rings (SSSR count). The van der Waals surface area contributed by atoms with Gasteiger partial charge in [0, 0.05) is 36.8 Å². The van der Waals surface area contributed by atoms with E-state index in [1.165, 1.54) is 12.1 Å². The van der Waals surface area contributed by atoms with Crippen LogP contribution in [0.5, 0.6) is 0 Å². The smallest absolute Gasteiger partial charge is 0.416 e. The van der Waals surface area contributed by atoms with E-state index in [-0.39, 0.29) is 41.7 Å². The van der Waals surface area contributed by atoms with Gasteiger partial charge in [-0.15, -0.1) is 0 Å². The van der Waals surface area contributed by atoms with Gasteiger partial charge in [-0.3, -0.25) is 18.7 Å². The lowest BCUT2D eigenvalue weighted by Gasteiger charge is -2.22. The molecule has 1 aliphatic rings. The van der Waals surface area contributed by atoms with Crippen LogP contribution in [0.15, 0.2) is 73.8 Å². The van der Waals surface area contributed by atoms with Crippen molar-refractivity contribution in [3.05, 3.63) is 92.5 Å². The summed E-state index contributed by atoms with van der Waals surface area (Å²) in [5, 5.41) is 2.35. The molecule has 2 aromatic heterocycles. The van der Waals surface area contributed by atoms with Gasteiger partial charge in [-0.2, -0.15) is 17.5 Å². The number of hydrogen-bond donors (Lipinski definition) is 1. The molecule has 1 atom stereocenters. The molecular weight excluding hydrogens is 596 g/mol. The highest BCUT2D eigenvalue weighted by Gasteiger charge is 2.41. The summed E-state index contributed by atoms with van der Waals surface area (Å²) in [4.78, 5) is 39.5. The summed E-state index contributed by atoms with van der Waals surface area (Å²) in [5.41, 5.74) is -2.24. The van der Waals surface area contributed by atoms with Gasteiger partial charge in [0.05, 0.1) is 16.8 Å². The number of rotatable bonds is 7. The number of sulfonamides is 1. The summed E-state index contributed by atoms with van der Waals surface area (Å²) in [6.07, 6.45) is -2.89. The van der Waals surface area contributed by atoms with Crippen molar-refractivity contribution in [1.29, 1.82) is 0 Å². The maximum absolute atomic E-state index is 13.6. The molecule has 0 saturated carbocycles. The zero-order valence-electron chi connectivity index (χ0n) is 22.9. The molecule has 3 heterocycles. The highest BCUT2D eigenvalue weighted by molar-refractivity contribution is 7.89. The number of carbonyl (C=O) groups is 1. The van der Waals surface area contributed by atoms with Crippen molar-refractivity contribution >= 4 is 26.9 Å². The molecule has 0 aliphatic carbocycles. The number of hydrogen-bond acceptors (Lipinski definition) is 6. The highest BCUT2D eigenvalue weighted by Crippen LogP contribution is 2.31. The Balaban J connectivity index is 1.41. The zero-order chi connectivity index (χ0) is 31.3. The number of halogens is 4. The molecule has 10 nitrogen and oxygen atoms in total. The van der Waals surface area contributed by atoms with Crippen LogP contribution in [0.4, 0.5) is 17.6 Å². The van der Waals surface area contributed by atoms with Crippen molar-refractivity contribution in [2.75, 3.05) is 6.54 Å². The lowest BCUT2D eigenvalue weighted by Crippen LogP contribution is -2.47. The predicted molar refractivity (Wildman–Crippen MR) is 147 cm³/mol. The van der Waals surface area contributed by atoms with E-state index in [4.69, 9.17) is 4.42 Å². The van der Waals surface area contributed by atoms with Gasteiger partial charge in [0.25, 0.3) is 15.6 Å². The van der Waals surface area contributed by atoms with Gasteiger partial charge >= 0.3 is 11.9 Å². The first-order valence-electron chi connectivity index (χ1n) is 13.2. The molecule has 1 N–H and O–H groups in total. The SMILES string of the molecule is CC(C)n1c(=O)c(CNC(=O)[C@@H]2CCCN2S(=O)(=O)c2cc3cc(F)ccc3o2)cn(-c2ccc(C(F)(F)F)cc2)c1=O. The molecule has 228 valence electrons. The lowest BCUT2D eigenvalue weighted by atomic mass is 10.2. The van der Waals surface area contributed by atoms with Crippen molar-refractivity contribution in [2.24, 2.45) is 0 Å². The molecule has 1 fully saturated rings. The molecule has 1 saturated heterocycles. The van der Waals surface area contributed by atoms with Gasteiger partial charge in [-0.05, 0) is 69.2 Å². The van der Waals surface area contributed by atoms with E-state index in [1.54, 1.807) is 13.8 Å². The van der Waals surface area contributed by atoms with E-state index in [9.17, 15) is 40.4 Å². The summed E-state index contributed by atoms with van der Waals surface area (Å²) in [7, 11) is -4.29. The maximum Gasteiger partial charge on any atom is 0.416 e. The largest absolute Gasteiger partial charge is 0.443 e. The fourth-order valence-corrected chi connectivity index (χ4v) is 6.63. The molecule has 1 aliphatic heterocycles. The third kappa shape index (κ3) is 5.73. The predicted octanol–water partition coefficient (Wildman–Crippen LogP) is 3.95. The van der Waals surface area contributed by atoms with Crippen molar-refractivity contribution in [3.8, 4) is 5.69 Å². The number of nitrogens with zero attached hydrogens (tertiary/aromatic N) is 3. The highest BCUT2D eigenvalue weighted by atomic mass is 32.2.